The van der Waals surface area contributed by atoms with E-state index in [9.17, 15) is 19.6 Å². The van der Waals surface area contributed by atoms with Gasteiger partial charge in [0, 0.05) is 10.4 Å². The number of hydrogen-bond acceptors (Lipinski definition) is 5. The Hall–Kier alpha value is -2.40. The molecule has 136 valence electrons. The molecule has 4 amide bonds. The minimum atomic E-state index is -1.04. The summed E-state index contributed by atoms with van der Waals surface area (Å²) in [6.45, 7) is 1.32. The second kappa shape index (κ2) is 5.81. The maximum Gasteiger partial charge on any atom is 0.325 e. The molecular formula is C18H20N4O3S. The molecule has 2 atom stereocenters. The number of fused-ring (bicyclic) bond motifs is 2. The first-order chi connectivity index (χ1) is 12.4. The van der Waals surface area contributed by atoms with E-state index in [-0.39, 0.29) is 18.4 Å². The SMILES string of the molecule is C[C@](C#N)(NC(=O)CN1C(=O)N[C@@]2(CCCc3sccc32)C1=O)C1CC1. The van der Waals surface area contributed by atoms with Crippen LogP contribution in [0.2, 0.25) is 0 Å². The van der Waals surface area contributed by atoms with E-state index in [1.165, 1.54) is 0 Å². The highest BCUT2D eigenvalue weighted by atomic mass is 32.1. The quantitative estimate of drug-likeness (QED) is 0.784. The second-order valence-electron chi connectivity index (χ2n) is 7.47. The standard InChI is InChI=1S/C18H20N4O3S/c1-17(10-19,11-4-5-11)20-14(23)9-22-15(24)18(21-16(22)25)7-2-3-13-12(18)6-8-26-13/h6,8,11H,2-5,7,9H2,1H3,(H,20,23)(H,21,25)/t17-,18-/m1/s1. The summed E-state index contributed by atoms with van der Waals surface area (Å²) in [5.74, 6) is -0.720. The number of imide groups is 1. The third-order valence-corrected chi connectivity index (χ3v) is 6.64. The van der Waals surface area contributed by atoms with E-state index in [2.05, 4.69) is 16.7 Å². The predicted molar refractivity (Wildman–Crippen MR) is 94.1 cm³/mol. The molecule has 26 heavy (non-hydrogen) atoms. The largest absolute Gasteiger partial charge is 0.336 e. The fraction of sp³-hybridized carbons (Fsp3) is 0.556. The van der Waals surface area contributed by atoms with E-state index in [1.54, 1.807) is 18.3 Å². The number of nitrogens with zero attached hydrogens (tertiary/aromatic N) is 2. The van der Waals surface area contributed by atoms with Crippen LogP contribution in [-0.2, 0) is 21.5 Å². The van der Waals surface area contributed by atoms with Crippen molar-refractivity contribution in [2.24, 2.45) is 5.92 Å². The summed E-state index contributed by atoms with van der Waals surface area (Å²) in [6, 6.07) is 3.49. The Kier molecular flexibility index (Phi) is 3.81. The lowest BCUT2D eigenvalue weighted by Crippen LogP contribution is -2.51. The Morgan fingerprint density at radius 1 is 1.54 bits per heavy atom. The third kappa shape index (κ3) is 2.50. The van der Waals surface area contributed by atoms with Gasteiger partial charge >= 0.3 is 6.03 Å². The van der Waals surface area contributed by atoms with Gasteiger partial charge in [-0.2, -0.15) is 5.26 Å². The highest BCUT2D eigenvalue weighted by Crippen LogP contribution is 2.42. The smallest absolute Gasteiger partial charge is 0.325 e. The van der Waals surface area contributed by atoms with Gasteiger partial charge in [0.2, 0.25) is 5.91 Å². The molecule has 1 saturated heterocycles. The van der Waals surface area contributed by atoms with Crippen LogP contribution in [0.3, 0.4) is 0 Å². The van der Waals surface area contributed by atoms with Gasteiger partial charge in [-0.3, -0.25) is 14.5 Å². The molecule has 4 rings (SSSR count). The lowest BCUT2D eigenvalue weighted by atomic mass is 9.80. The fourth-order valence-corrected chi connectivity index (χ4v) is 5.04. The van der Waals surface area contributed by atoms with Crippen LogP contribution < -0.4 is 10.6 Å². The fourth-order valence-electron chi connectivity index (χ4n) is 4.04. The molecule has 7 nitrogen and oxygen atoms in total. The summed E-state index contributed by atoms with van der Waals surface area (Å²) in [6.07, 6.45) is 4.06. The molecule has 0 bridgehead atoms. The first kappa shape index (κ1) is 17.0. The molecule has 1 saturated carbocycles. The summed E-state index contributed by atoms with van der Waals surface area (Å²) in [5, 5.41) is 16.8. The molecule has 1 spiro atoms. The average Bonchev–Trinajstić information content (AvgIpc) is 3.32. The first-order valence-corrected chi connectivity index (χ1v) is 9.71. The zero-order chi connectivity index (χ0) is 18.5. The van der Waals surface area contributed by atoms with Gasteiger partial charge in [-0.15, -0.1) is 11.3 Å². The van der Waals surface area contributed by atoms with E-state index in [0.717, 1.165) is 41.0 Å². The molecule has 8 heteroatoms. The van der Waals surface area contributed by atoms with Gasteiger partial charge in [0.05, 0.1) is 6.07 Å². The van der Waals surface area contributed by atoms with E-state index in [4.69, 9.17) is 0 Å². The molecule has 2 fully saturated rings. The van der Waals surface area contributed by atoms with Gasteiger partial charge in [-0.25, -0.2) is 4.79 Å². The molecule has 1 aromatic heterocycles. The van der Waals surface area contributed by atoms with Gasteiger partial charge in [0.15, 0.2) is 0 Å². The van der Waals surface area contributed by atoms with Crippen molar-refractivity contribution in [1.29, 1.82) is 5.26 Å². The summed E-state index contributed by atoms with van der Waals surface area (Å²) >= 11 is 1.59. The summed E-state index contributed by atoms with van der Waals surface area (Å²) < 4.78 is 0. The average molecular weight is 372 g/mol. The van der Waals surface area contributed by atoms with Gasteiger partial charge in [-0.1, -0.05) is 0 Å². The number of carbonyl (C=O) groups excluding carboxylic acids is 3. The molecule has 2 heterocycles. The molecule has 0 unspecified atom stereocenters. The topological polar surface area (TPSA) is 102 Å². The monoisotopic (exact) mass is 372 g/mol. The molecule has 0 radical (unpaired) electrons. The number of nitriles is 1. The normalized spacial score (nSPS) is 26.8. The van der Waals surface area contributed by atoms with Crippen molar-refractivity contribution in [3.8, 4) is 6.07 Å². The highest BCUT2D eigenvalue weighted by molar-refractivity contribution is 7.10. The Morgan fingerprint density at radius 3 is 3.00 bits per heavy atom. The van der Waals surface area contributed by atoms with Gasteiger partial charge in [0.1, 0.15) is 17.6 Å². The molecule has 3 aliphatic rings. The minimum Gasteiger partial charge on any atom is -0.336 e. The number of hydrogen-bond donors (Lipinski definition) is 2. The van der Waals surface area contributed by atoms with Crippen molar-refractivity contribution in [3.05, 3.63) is 21.9 Å². The number of aryl methyl sites for hydroxylation is 1. The second-order valence-corrected chi connectivity index (χ2v) is 8.48. The number of amides is 4. The van der Waals surface area contributed by atoms with Crippen LogP contribution in [0.4, 0.5) is 4.79 Å². The Morgan fingerprint density at radius 2 is 2.31 bits per heavy atom. The van der Waals surface area contributed by atoms with Crippen LogP contribution >= 0.6 is 11.3 Å². The van der Waals surface area contributed by atoms with E-state index >= 15 is 0 Å². The van der Waals surface area contributed by atoms with Crippen LogP contribution in [0.1, 0.15) is 43.0 Å². The van der Waals surface area contributed by atoms with E-state index in [0.29, 0.717) is 6.42 Å². The maximum absolute atomic E-state index is 13.1. The van der Waals surface area contributed by atoms with Crippen molar-refractivity contribution < 1.29 is 14.4 Å². The van der Waals surface area contributed by atoms with Crippen LogP contribution in [0.15, 0.2) is 11.4 Å². The number of nitrogens with one attached hydrogen (secondary N) is 2. The van der Waals surface area contributed by atoms with Crippen molar-refractivity contribution in [1.82, 2.24) is 15.5 Å². The summed E-state index contributed by atoms with van der Waals surface area (Å²) in [7, 11) is 0. The van der Waals surface area contributed by atoms with Crippen LogP contribution in [0.5, 0.6) is 0 Å². The summed E-state index contributed by atoms with van der Waals surface area (Å²) in [4.78, 5) is 40.1. The number of carbonyl (C=O) groups is 3. The Bertz CT molecular complexity index is 840. The zero-order valence-corrected chi connectivity index (χ0v) is 15.3. The first-order valence-electron chi connectivity index (χ1n) is 8.83. The molecule has 2 aliphatic carbocycles. The lowest BCUT2D eigenvalue weighted by molar-refractivity contribution is -0.136. The van der Waals surface area contributed by atoms with Crippen LogP contribution in [-0.4, -0.2) is 34.8 Å². The number of rotatable bonds is 4. The summed E-state index contributed by atoms with van der Waals surface area (Å²) in [5.41, 5.74) is -1.13. The third-order valence-electron chi connectivity index (χ3n) is 5.66. The van der Waals surface area contributed by atoms with Crippen LogP contribution in [0, 0.1) is 17.2 Å². The lowest BCUT2D eigenvalue weighted by Gasteiger charge is -2.31. The van der Waals surface area contributed by atoms with Crippen molar-refractivity contribution in [3.63, 3.8) is 0 Å². The number of thiophene rings is 1. The van der Waals surface area contributed by atoms with Gasteiger partial charge < -0.3 is 10.6 Å². The Balaban J connectivity index is 1.52. The highest BCUT2D eigenvalue weighted by Gasteiger charge is 2.55. The van der Waals surface area contributed by atoms with Gasteiger partial charge in [0.25, 0.3) is 5.91 Å². The molecule has 2 N–H and O–H groups in total. The van der Waals surface area contributed by atoms with Crippen molar-refractivity contribution in [2.45, 2.75) is 50.1 Å². The molecule has 0 aromatic carbocycles. The molecule has 1 aromatic rings. The van der Waals surface area contributed by atoms with Crippen LogP contribution in [0.25, 0.3) is 0 Å². The maximum atomic E-state index is 13.1. The van der Waals surface area contributed by atoms with E-state index in [1.807, 2.05) is 11.4 Å². The van der Waals surface area contributed by atoms with Crippen molar-refractivity contribution >= 4 is 29.2 Å². The molecular weight excluding hydrogens is 352 g/mol. The van der Waals surface area contributed by atoms with Crippen molar-refractivity contribution in [2.75, 3.05) is 6.54 Å². The zero-order valence-electron chi connectivity index (χ0n) is 14.5. The van der Waals surface area contributed by atoms with Gasteiger partial charge in [-0.05, 0) is 56.4 Å². The number of urea groups is 1. The molecule has 1 aliphatic heterocycles. The predicted octanol–water partition coefficient (Wildman–Crippen LogP) is 1.64. The van der Waals surface area contributed by atoms with E-state index < -0.39 is 23.0 Å². The minimum absolute atomic E-state index is 0.137. The Labute approximate surface area is 155 Å².